The van der Waals surface area contributed by atoms with Gasteiger partial charge in [-0.2, -0.15) is 0 Å². The Balaban J connectivity index is 1.46. The van der Waals surface area contributed by atoms with Crippen LogP contribution in [0.2, 0.25) is 0 Å². The lowest BCUT2D eigenvalue weighted by Gasteiger charge is -2.15. The molecule has 0 heterocycles. The maximum absolute atomic E-state index is 13.9. The van der Waals surface area contributed by atoms with Gasteiger partial charge in [0.15, 0.2) is 0 Å². The second-order valence-electron chi connectivity index (χ2n) is 7.66. The van der Waals surface area contributed by atoms with Crippen molar-refractivity contribution in [2.24, 2.45) is 0 Å². The van der Waals surface area contributed by atoms with Gasteiger partial charge in [0.2, 0.25) is 0 Å². The first kappa shape index (κ1) is 22.0. The Hall–Kier alpha value is -4.19. The molecule has 0 aromatic heterocycles. The zero-order valence-corrected chi connectivity index (χ0v) is 17.7. The molecule has 0 fully saturated rings. The number of carbonyl (C=O) groups excluding carboxylic acids is 1. The number of carboxylic acids is 1. The van der Waals surface area contributed by atoms with E-state index in [1.54, 1.807) is 24.3 Å². The fourth-order valence-electron chi connectivity index (χ4n) is 3.52. The molecule has 0 saturated heterocycles. The van der Waals surface area contributed by atoms with Crippen LogP contribution < -0.4 is 10.1 Å². The molecule has 33 heavy (non-hydrogen) atoms. The number of carbonyl (C=O) groups is 2. The van der Waals surface area contributed by atoms with Crippen molar-refractivity contribution in [1.29, 1.82) is 0 Å². The molecule has 5 nitrogen and oxygen atoms in total. The van der Waals surface area contributed by atoms with Crippen LogP contribution in [-0.4, -0.2) is 23.0 Å². The molecular weight excluding hydrogens is 421 g/mol. The lowest BCUT2D eigenvalue weighted by molar-refractivity contribution is -0.139. The van der Waals surface area contributed by atoms with Crippen LogP contribution in [0.5, 0.6) is 5.75 Å². The Morgan fingerprint density at radius 2 is 1.58 bits per heavy atom. The molecule has 0 aliphatic heterocycles. The number of benzene rings is 4. The highest BCUT2D eigenvalue weighted by molar-refractivity contribution is 6.00. The lowest BCUT2D eigenvalue weighted by Crippen LogP contribution is -2.42. The number of carboxylic acid groups (broad SMARTS) is 1. The van der Waals surface area contributed by atoms with E-state index in [-0.39, 0.29) is 12.0 Å². The first-order valence-electron chi connectivity index (χ1n) is 10.5. The number of aliphatic carboxylic acids is 1. The monoisotopic (exact) mass is 443 g/mol. The summed E-state index contributed by atoms with van der Waals surface area (Å²) in [5.41, 5.74) is 1.61. The molecule has 0 radical (unpaired) electrons. The number of fused-ring (bicyclic) bond motifs is 1. The molecule has 2 N–H and O–H groups in total. The van der Waals surface area contributed by atoms with E-state index in [1.807, 2.05) is 48.5 Å². The quantitative estimate of drug-likeness (QED) is 0.403. The van der Waals surface area contributed by atoms with Gasteiger partial charge in [-0.1, -0.05) is 60.7 Å². The first-order valence-corrected chi connectivity index (χ1v) is 10.5. The largest absolute Gasteiger partial charge is 0.489 e. The van der Waals surface area contributed by atoms with E-state index in [2.05, 4.69) is 5.32 Å². The third-order valence-corrected chi connectivity index (χ3v) is 5.31. The van der Waals surface area contributed by atoms with Gasteiger partial charge in [0.1, 0.15) is 24.2 Å². The van der Waals surface area contributed by atoms with Crippen molar-refractivity contribution >= 4 is 22.6 Å². The molecule has 4 aromatic rings. The van der Waals surface area contributed by atoms with Crippen LogP contribution in [0.15, 0.2) is 91.0 Å². The summed E-state index contributed by atoms with van der Waals surface area (Å²) in [6, 6.07) is 25.2. The zero-order valence-electron chi connectivity index (χ0n) is 17.7. The van der Waals surface area contributed by atoms with Crippen molar-refractivity contribution in [1.82, 2.24) is 5.32 Å². The summed E-state index contributed by atoms with van der Waals surface area (Å²) in [4.78, 5) is 24.4. The standard InChI is InChI=1S/C27H22FNO4/c28-24-9-5-4-8-21(24)16-25(27(31)32)29-26(30)22-11-10-20-15-23(13-12-19(20)14-22)33-17-18-6-2-1-3-7-18/h1-15,25H,16-17H2,(H,29,30)(H,31,32). The Kier molecular flexibility index (Phi) is 6.64. The van der Waals surface area contributed by atoms with Crippen LogP contribution in [0.1, 0.15) is 21.5 Å². The highest BCUT2D eigenvalue weighted by Crippen LogP contribution is 2.23. The van der Waals surface area contributed by atoms with Crippen molar-refractivity contribution in [3.8, 4) is 5.75 Å². The highest BCUT2D eigenvalue weighted by Gasteiger charge is 2.22. The molecule has 0 aliphatic rings. The lowest BCUT2D eigenvalue weighted by atomic mass is 10.0. The van der Waals surface area contributed by atoms with Gasteiger partial charge in [0.25, 0.3) is 5.91 Å². The van der Waals surface area contributed by atoms with Crippen LogP contribution >= 0.6 is 0 Å². The maximum Gasteiger partial charge on any atom is 0.326 e. The van der Waals surface area contributed by atoms with Crippen LogP contribution in [0.25, 0.3) is 10.8 Å². The van der Waals surface area contributed by atoms with E-state index < -0.39 is 23.7 Å². The molecule has 0 bridgehead atoms. The Morgan fingerprint density at radius 3 is 2.33 bits per heavy atom. The maximum atomic E-state index is 13.9. The normalized spacial score (nSPS) is 11.7. The van der Waals surface area contributed by atoms with Crippen LogP contribution in [0, 0.1) is 5.82 Å². The van der Waals surface area contributed by atoms with Crippen molar-refractivity contribution in [2.75, 3.05) is 0 Å². The summed E-state index contributed by atoms with van der Waals surface area (Å²) in [6.07, 6.45) is -0.149. The minimum Gasteiger partial charge on any atom is -0.489 e. The van der Waals surface area contributed by atoms with E-state index in [9.17, 15) is 19.1 Å². The van der Waals surface area contributed by atoms with Gasteiger partial charge in [0, 0.05) is 12.0 Å². The van der Waals surface area contributed by atoms with E-state index in [1.165, 1.54) is 18.2 Å². The van der Waals surface area contributed by atoms with E-state index >= 15 is 0 Å². The average molecular weight is 443 g/mol. The van der Waals surface area contributed by atoms with Crippen LogP contribution in [0.4, 0.5) is 4.39 Å². The smallest absolute Gasteiger partial charge is 0.326 e. The number of ether oxygens (including phenoxy) is 1. The number of hydrogen-bond acceptors (Lipinski definition) is 3. The number of nitrogens with one attached hydrogen (secondary N) is 1. The molecule has 4 rings (SSSR count). The molecular formula is C27H22FNO4. The van der Waals surface area contributed by atoms with Crippen LogP contribution in [-0.2, 0) is 17.8 Å². The molecule has 1 unspecified atom stereocenters. The number of halogens is 1. The van der Waals surface area contributed by atoms with Crippen LogP contribution in [0.3, 0.4) is 0 Å². The van der Waals surface area contributed by atoms with Crippen molar-refractivity contribution in [2.45, 2.75) is 19.1 Å². The summed E-state index contributed by atoms with van der Waals surface area (Å²) in [7, 11) is 0. The molecule has 6 heteroatoms. The van der Waals surface area contributed by atoms with Gasteiger partial charge in [0.05, 0.1) is 0 Å². The molecule has 0 spiro atoms. The summed E-state index contributed by atoms with van der Waals surface area (Å²) in [6.45, 7) is 0.450. The topological polar surface area (TPSA) is 75.6 Å². The minimum absolute atomic E-state index is 0.149. The fraction of sp³-hybridized carbons (Fsp3) is 0.111. The van der Waals surface area contributed by atoms with Crippen molar-refractivity contribution < 1.29 is 23.8 Å². The summed E-state index contributed by atoms with van der Waals surface area (Å²) < 4.78 is 19.8. The summed E-state index contributed by atoms with van der Waals surface area (Å²) in [5.74, 6) is -1.56. The number of amides is 1. The molecule has 0 aliphatic carbocycles. The van der Waals surface area contributed by atoms with Crippen molar-refractivity contribution in [3.05, 3.63) is 114 Å². The van der Waals surface area contributed by atoms with E-state index in [0.717, 1.165) is 16.3 Å². The van der Waals surface area contributed by atoms with Gasteiger partial charge >= 0.3 is 5.97 Å². The second-order valence-corrected chi connectivity index (χ2v) is 7.66. The van der Waals surface area contributed by atoms with Gasteiger partial charge in [-0.05, 0) is 52.2 Å². The molecule has 4 aromatic carbocycles. The number of rotatable bonds is 8. The average Bonchev–Trinajstić information content (AvgIpc) is 2.83. The van der Waals surface area contributed by atoms with E-state index in [4.69, 9.17) is 4.74 Å². The Bertz CT molecular complexity index is 1290. The molecule has 0 saturated carbocycles. The zero-order chi connectivity index (χ0) is 23.2. The first-order chi connectivity index (χ1) is 16.0. The van der Waals surface area contributed by atoms with Gasteiger partial charge in [-0.25, -0.2) is 9.18 Å². The SMILES string of the molecule is O=C(NC(Cc1ccccc1F)C(=O)O)c1ccc2cc(OCc3ccccc3)ccc2c1. The number of hydrogen-bond donors (Lipinski definition) is 2. The third kappa shape index (κ3) is 5.54. The van der Waals surface area contributed by atoms with Gasteiger partial charge in [-0.15, -0.1) is 0 Å². The Morgan fingerprint density at radius 1 is 0.879 bits per heavy atom. The minimum atomic E-state index is -1.25. The summed E-state index contributed by atoms with van der Waals surface area (Å²) in [5, 5.41) is 13.7. The highest BCUT2D eigenvalue weighted by atomic mass is 19.1. The predicted molar refractivity (Wildman–Crippen MR) is 124 cm³/mol. The summed E-state index contributed by atoms with van der Waals surface area (Å²) >= 11 is 0. The van der Waals surface area contributed by atoms with Gasteiger partial charge in [-0.3, -0.25) is 4.79 Å². The Labute approximate surface area is 190 Å². The molecule has 1 atom stereocenters. The third-order valence-electron chi connectivity index (χ3n) is 5.31. The molecule has 1 amide bonds. The fourth-order valence-corrected chi connectivity index (χ4v) is 3.52. The van der Waals surface area contributed by atoms with Gasteiger partial charge < -0.3 is 15.2 Å². The molecule has 166 valence electrons. The predicted octanol–water partition coefficient (Wildman–Crippen LogP) is 4.98. The van der Waals surface area contributed by atoms with E-state index in [0.29, 0.717) is 17.9 Å². The second kappa shape index (κ2) is 9.96. The van der Waals surface area contributed by atoms with Crippen molar-refractivity contribution in [3.63, 3.8) is 0 Å².